The molecular weight excluding hydrogens is 283 g/mol. The van der Waals surface area contributed by atoms with Crippen molar-refractivity contribution in [2.24, 2.45) is 0 Å². The lowest BCUT2D eigenvalue weighted by Gasteiger charge is -2.00. The molecular formula is C14H6Cl2N2O. The van der Waals surface area contributed by atoms with Crippen LogP contribution in [0.25, 0.3) is 32.8 Å². The van der Waals surface area contributed by atoms with Crippen LogP contribution in [-0.2, 0) is 0 Å². The molecule has 0 fully saturated rings. The predicted octanol–water partition coefficient (Wildman–Crippen LogP) is 4.84. The molecule has 0 bridgehead atoms. The second kappa shape index (κ2) is 3.83. The lowest BCUT2D eigenvalue weighted by Crippen LogP contribution is -1.86. The van der Waals surface area contributed by atoms with E-state index in [4.69, 9.17) is 27.6 Å². The fourth-order valence-electron chi connectivity index (χ4n) is 2.33. The molecule has 0 amide bonds. The smallest absolute Gasteiger partial charge is 0.224 e. The quantitative estimate of drug-likeness (QED) is 0.343. The molecule has 3 nitrogen and oxygen atoms in total. The lowest BCUT2D eigenvalue weighted by molar-refractivity contribution is 0.672. The van der Waals surface area contributed by atoms with Crippen LogP contribution in [-0.4, -0.2) is 9.97 Å². The number of para-hydroxylation sites is 1. The maximum absolute atomic E-state index is 6.17. The van der Waals surface area contributed by atoms with Crippen molar-refractivity contribution >= 4 is 56.0 Å². The summed E-state index contributed by atoms with van der Waals surface area (Å²) in [7, 11) is 0. The van der Waals surface area contributed by atoms with E-state index in [-0.39, 0.29) is 5.28 Å². The van der Waals surface area contributed by atoms with Gasteiger partial charge in [-0.3, -0.25) is 0 Å². The summed E-state index contributed by atoms with van der Waals surface area (Å²) in [6.45, 7) is 0. The second-order valence-electron chi connectivity index (χ2n) is 4.22. The van der Waals surface area contributed by atoms with E-state index in [0.717, 1.165) is 16.4 Å². The van der Waals surface area contributed by atoms with E-state index in [9.17, 15) is 0 Å². The molecule has 2 heterocycles. The largest absolute Gasteiger partial charge is 0.455 e. The van der Waals surface area contributed by atoms with Crippen LogP contribution in [0.15, 0.2) is 40.8 Å². The minimum absolute atomic E-state index is 0.132. The van der Waals surface area contributed by atoms with Crippen molar-refractivity contribution in [3.8, 4) is 0 Å². The number of aromatic nitrogens is 2. The van der Waals surface area contributed by atoms with Crippen molar-refractivity contribution in [2.45, 2.75) is 0 Å². The lowest BCUT2D eigenvalue weighted by atomic mass is 10.1. The number of nitrogens with zero attached hydrogens (tertiary/aromatic N) is 2. The van der Waals surface area contributed by atoms with E-state index in [1.54, 1.807) is 0 Å². The summed E-state index contributed by atoms with van der Waals surface area (Å²) in [5.74, 6) is 0. The van der Waals surface area contributed by atoms with Gasteiger partial charge in [0.2, 0.25) is 5.28 Å². The van der Waals surface area contributed by atoms with Crippen molar-refractivity contribution in [1.82, 2.24) is 9.97 Å². The van der Waals surface area contributed by atoms with Gasteiger partial charge >= 0.3 is 0 Å². The van der Waals surface area contributed by atoms with E-state index in [2.05, 4.69) is 9.97 Å². The molecule has 0 saturated heterocycles. The highest BCUT2D eigenvalue weighted by Gasteiger charge is 2.14. The fraction of sp³-hybridized carbons (Fsp3) is 0. The third-order valence-corrected chi connectivity index (χ3v) is 3.58. The first-order valence-corrected chi connectivity index (χ1v) is 6.42. The van der Waals surface area contributed by atoms with E-state index in [0.29, 0.717) is 21.6 Å². The number of benzene rings is 2. The average molecular weight is 289 g/mol. The number of rotatable bonds is 0. The zero-order valence-corrected chi connectivity index (χ0v) is 11.0. The molecule has 0 saturated carbocycles. The first-order chi connectivity index (χ1) is 9.24. The molecule has 2 aromatic heterocycles. The van der Waals surface area contributed by atoms with E-state index >= 15 is 0 Å². The van der Waals surface area contributed by atoms with Crippen molar-refractivity contribution in [3.63, 3.8) is 0 Å². The molecule has 0 atom stereocenters. The van der Waals surface area contributed by atoms with Crippen LogP contribution >= 0.6 is 23.2 Å². The van der Waals surface area contributed by atoms with Gasteiger partial charge < -0.3 is 4.42 Å². The fourth-order valence-corrected chi connectivity index (χ4v) is 2.81. The van der Waals surface area contributed by atoms with E-state index < -0.39 is 0 Å². The van der Waals surface area contributed by atoms with Gasteiger partial charge in [-0.05, 0) is 29.8 Å². The third kappa shape index (κ3) is 1.52. The Morgan fingerprint density at radius 2 is 1.74 bits per heavy atom. The maximum atomic E-state index is 6.17. The van der Waals surface area contributed by atoms with Gasteiger partial charge in [-0.2, -0.15) is 0 Å². The molecule has 2 aromatic carbocycles. The van der Waals surface area contributed by atoms with Gasteiger partial charge in [-0.15, -0.1) is 0 Å². The van der Waals surface area contributed by atoms with Crippen LogP contribution in [0.3, 0.4) is 0 Å². The van der Waals surface area contributed by atoms with Crippen LogP contribution < -0.4 is 0 Å². The summed E-state index contributed by atoms with van der Waals surface area (Å²) in [5, 5.41) is 3.17. The third-order valence-electron chi connectivity index (χ3n) is 3.13. The van der Waals surface area contributed by atoms with E-state index in [1.165, 1.54) is 0 Å². The standard InChI is InChI=1S/C14H6Cl2N2O/c15-13-11-9(17-14(16)18-13)6-5-8-7-3-1-2-4-10(7)19-12(8)11/h1-6H. The van der Waals surface area contributed by atoms with Gasteiger partial charge in [0.15, 0.2) is 0 Å². The zero-order valence-electron chi connectivity index (χ0n) is 9.52. The molecule has 4 rings (SSSR count). The van der Waals surface area contributed by atoms with Gasteiger partial charge in [0.25, 0.3) is 0 Å². The highest BCUT2D eigenvalue weighted by molar-refractivity contribution is 6.38. The number of hydrogen-bond donors (Lipinski definition) is 0. The van der Waals surface area contributed by atoms with Crippen molar-refractivity contribution in [1.29, 1.82) is 0 Å². The summed E-state index contributed by atoms with van der Waals surface area (Å²) in [4.78, 5) is 8.15. The monoisotopic (exact) mass is 288 g/mol. The van der Waals surface area contributed by atoms with Crippen molar-refractivity contribution < 1.29 is 4.42 Å². The Balaban J connectivity index is 2.31. The topological polar surface area (TPSA) is 38.9 Å². The Morgan fingerprint density at radius 3 is 2.63 bits per heavy atom. The number of hydrogen-bond acceptors (Lipinski definition) is 3. The number of halogens is 2. The molecule has 19 heavy (non-hydrogen) atoms. The normalized spacial score (nSPS) is 11.7. The Bertz CT molecular complexity index is 946. The predicted molar refractivity (Wildman–Crippen MR) is 76.8 cm³/mol. The van der Waals surface area contributed by atoms with Crippen molar-refractivity contribution in [2.75, 3.05) is 0 Å². The average Bonchev–Trinajstić information content (AvgIpc) is 2.76. The van der Waals surface area contributed by atoms with Gasteiger partial charge in [-0.25, -0.2) is 9.97 Å². The number of fused-ring (bicyclic) bond motifs is 5. The molecule has 0 spiro atoms. The highest BCUT2D eigenvalue weighted by atomic mass is 35.5. The molecule has 0 N–H and O–H groups in total. The summed E-state index contributed by atoms with van der Waals surface area (Å²) >= 11 is 12.0. The van der Waals surface area contributed by atoms with Gasteiger partial charge in [0, 0.05) is 10.8 Å². The van der Waals surface area contributed by atoms with Gasteiger partial charge in [0.05, 0.1) is 10.9 Å². The summed E-state index contributed by atoms with van der Waals surface area (Å²) < 4.78 is 5.88. The first-order valence-electron chi connectivity index (χ1n) is 5.67. The van der Waals surface area contributed by atoms with Crippen LogP contribution in [0.1, 0.15) is 0 Å². The molecule has 0 aliphatic carbocycles. The van der Waals surface area contributed by atoms with Crippen LogP contribution in [0.5, 0.6) is 0 Å². The van der Waals surface area contributed by atoms with Gasteiger partial charge in [-0.1, -0.05) is 29.8 Å². The Labute approximate surface area is 117 Å². The van der Waals surface area contributed by atoms with Gasteiger partial charge in [0.1, 0.15) is 16.3 Å². The molecule has 0 radical (unpaired) electrons. The second-order valence-corrected chi connectivity index (χ2v) is 4.91. The van der Waals surface area contributed by atoms with Crippen LogP contribution in [0.2, 0.25) is 10.4 Å². The molecule has 0 aliphatic heterocycles. The maximum Gasteiger partial charge on any atom is 0.224 e. The minimum atomic E-state index is 0.132. The zero-order chi connectivity index (χ0) is 13.0. The molecule has 5 heteroatoms. The van der Waals surface area contributed by atoms with E-state index in [1.807, 2.05) is 36.4 Å². The van der Waals surface area contributed by atoms with Crippen LogP contribution in [0.4, 0.5) is 0 Å². The minimum Gasteiger partial charge on any atom is -0.455 e. The first kappa shape index (κ1) is 11.0. The molecule has 4 aromatic rings. The Hall–Kier alpha value is -1.84. The summed E-state index contributed by atoms with van der Waals surface area (Å²) in [6, 6.07) is 11.7. The molecule has 0 unspecified atom stereocenters. The Morgan fingerprint density at radius 1 is 0.895 bits per heavy atom. The number of furan rings is 1. The summed E-state index contributed by atoms with van der Waals surface area (Å²) in [6.07, 6.45) is 0. The Kier molecular flexibility index (Phi) is 2.22. The molecule has 0 aliphatic rings. The SMILES string of the molecule is Clc1nc(Cl)c2c(ccc3c4ccccc4oc32)n1. The van der Waals surface area contributed by atoms with Crippen LogP contribution in [0, 0.1) is 0 Å². The highest BCUT2D eigenvalue weighted by Crippen LogP contribution is 2.36. The van der Waals surface area contributed by atoms with Crippen molar-refractivity contribution in [3.05, 3.63) is 46.8 Å². The molecule has 92 valence electrons. The summed E-state index contributed by atoms with van der Waals surface area (Å²) in [5.41, 5.74) is 2.19.